The van der Waals surface area contributed by atoms with Crippen LogP contribution in [0.4, 0.5) is 10.2 Å². The number of hydrogen-bond acceptors (Lipinski definition) is 6. The Bertz CT molecular complexity index is 1210. The minimum absolute atomic E-state index is 0.0556. The van der Waals surface area contributed by atoms with E-state index in [1.807, 2.05) is 0 Å². The molecular weight excluding hydrogens is 431 g/mol. The van der Waals surface area contributed by atoms with Crippen molar-refractivity contribution in [2.24, 2.45) is 0 Å². The molecule has 2 N–H and O–H groups in total. The van der Waals surface area contributed by atoms with Gasteiger partial charge >= 0.3 is 0 Å². The normalized spacial score (nSPS) is 20.5. The van der Waals surface area contributed by atoms with Crippen LogP contribution >= 0.6 is 11.6 Å². The third-order valence-corrected chi connectivity index (χ3v) is 8.09. The molecule has 1 saturated carbocycles. The van der Waals surface area contributed by atoms with Gasteiger partial charge in [-0.1, -0.05) is 11.6 Å². The Labute approximate surface area is 177 Å². The van der Waals surface area contributed by atoms with Crippen molar-refractivity contribution in [3.05, 3.63) is 35.5 Å². The molecule has 30 heavy (non-hydrogen) atoms. The number of hydrogen-bond donors (Lipinski definition) is 2. The van der Waals surface area contributed by atoms with Gasteiger partial charge in [-0.15, -0.1) is 0 Å². The summed E-state index contributed by atoms with van der Waals surface area (Å²) in [5.74, 6) is -0.204. The number of pyridine rings is 1. The van der Waals surface area contributed by atoms with E-state index in [2.05, 4.69) is 25.3 Å². The number of anilines is 1. The van der Waals surface area contributed by atoms with E-state index >= 15 is 0 Å². The van der Waals surface area contributed by atoms with Crippen molar-refractivity contribution in [1.29, 1.82) is 0 Å². The van der Waals surface area contributed by atoms with Gasteiger partial charge < -0.3 is 10.3 Å². The van der Waals surface area contributed by atoms with Crippen LogP contribution in [0.3, 0.4) is 0 Å². The Balaban J connectivity index is 1.40. The molecule has 0 radical (unpaired) electrons. The van der Waals surface area contributed by atoms with Crippen molar-refractivity contribution >= 4 is 38.5 Å². The minimum Gasteiger partial charge on any atom is -0.363 e. The summed E-state index contributed by atoms with van der Waals surface area (Å²) in [4.78, 5) is 15.7. The molecule has 4 heterocycles. The molecule has 158 valence electrons. The minimum atomic E-state index is -3.25. The number of nitrogens with one attached hydrogen (secondary N) is 2. The van der Waals surface area contributed by atoms with E-state index in [9.17, 15) is 12.8 Å². The highest BCUT2D eigenvalue weighted by atomic mass is 35.5. The van der Waals surface area contributed by atoms with Gasteiger partial charge in [0.1, 0.15) is 5.65 Å². The topological polar surface area (TPSA) is 104 Å². The Morgan fingerprint density at radius 2 is 2.07 bits per heavy atom. The van der Waals surface area contributed by atoms with Gasteiger partial charge in [-0.05, 0) is 31.7 Å². The van der Waals surface area contributed by atoms with Crippen LogP contribution < -0.4 is 5.32 Å². The number of aromatic nitrogens is 4. The molecule has 1 aliphatic heterocycles. The van der Waals surface area contributed by atoms with Gasteiger partial charge in [-0.3, -0.25) is 0 Å². The smallest absolute Gasteiger partial charge is 0.217 e. The summed E-state index contributed by atoms with van der Waals surface area (Å²) in [7, 11) is -3.25. The van der Waals surface area contributed by atoms with E-state index in [4.69, 9.17) is 11.6 Å². The Hall–Kier alpha value is -2.30. The monoisotopic (exact) mass is 450 g/mol. The summed E-state index contributed by atoms with van der Waals surface area (Å²) in [5, 5.41) is 4.05. The fourth-order valence-electron chi connectivity index (χ4n) is 3.82. The SMILES string of the molecule is O=S(=O)(C1CC1)N1CCCC(Nc2nc(-c3c[nH]c4ncc(Cl)cc34)ncc2F)C1. The number of nitrogens with zero attached hydrogens (tertiary/aromatic N) is 4. The fourth-order valence-corrected chi connectivity index (χ4v) is 5.91. The summed E-state index contributed by atoms with van der Waals surface area (Å²) < 4.78 is 41.1. The number of halogens is 2. The molecule has 1 atom stereocenters. The Morgan fingerprint density at radius 3 is 2.87 bits per heavy atom. The first-order valence-electron chi connectivity index (χ1n) is 9.83. The maximum Gasteiger partial charge on any atom is 0.217 e. The second-order valence-corrected chi connectivity index (χ2v) is 10.4. The predicted octanol–water partition coefficient (Wildman–Crippen LogP) is 3.18. The van der Waals surface area contributed by atoms with Crippen molar-refractivity contribution < 1.29 is 12.8 Å². The second kappa shape index (κ2) is 7.44. The number of fused-ring (bicyclic) bond motifs is 1. The first-order chi connectivity index (χ1) is 14.4. The lowest BCUT2D eigenvalue weighted by Gasteiger charge is -2.32. The highest BCUT2D eigenvalue weighted by molar-refractivity contribution is 7.90. The molecule has 3 aromatic heterocycles. The Morgan fingerprint density at radius 1 is 1.23 bits per heavy atom. The molecule has 2 aliphatic rings. The summed E-state index contributed by atoms with van der Waals surface area (Å²) >= 11 is 6.05. The van der Waals surface area contributed by atoms with Crippen LogP contribution in [0.5, 0.6) is 0 Å². The van der Waals surface area contributed by atoms with E-state index in [-0.39, 0.29) is 17.1 Å². The van der Waals surface area contributed by atoms with Crippen molar-refractivity contribution in [2.45, 2.75) is 37.0 Å². The van der Waals surface area contributed by atoms with Crippen molar-refractivity contribution in [2.75, 3.05) is 18.4 Å². The van der Waals surface area contributed by atoms with Crippen LogP contribution in [-0.4, -0.2) is 57.0 Å². The molecule has 0 spiro atoms. The van der Waals surface area contributed by atoms with Crippen molar-refractivity contribution in [3.8, 4) is 11.4 Å². The highest BCUT2D eigenvalue weighted by Crippen LogP contribution is 2.33. The predicted molar refractivity (Wildman–Crippen MR) is 112 cm³/mol. The van der Waals surface area contributed by atoms with Crippen LogP contribution in [0.1, 0.15) is 25.7 Å². The average molecular weight is 451 g/mol. The zero-order valence-corrected chi connectivity index (χ0v) is 17.5. The maximum absolute atomic E-state index is 14.5. The number of sulfonamides is 1. The third kappa shape index (κ3) is 3.63. The van der Waals surface area contributed by atoms with Gasteiger partial charge in [0.15, 0.2) is 17.5 Å². The van der Waals surface area contributed by atoms with E-state index in [1.165, 1.54) is 10.5 Å². The number of rotatable bonds is 5. The van der Waals surface area contributed by atoms with E-state index in [1.54, 1.807) is 12.3 Å². The number of aromatic amines is 1. The molecule has 0 aromatic carbocycles. The maximum atomic E-state index is 14.5. The summed E-state index contributed by atoms with van der Waals surface area (Å²) in [5.41, 5.74) is 1.29. The summed E-state index contributed by atoms with van der Waals surface area (Å²) in [6, 6.07) is 1.53. The molecule has 0 amide bonds. The molecule has 0 bridgehead atoms. The van der Waals surface area contributed by atoms with Crippen LogP contribution in [0, 0.1) is 5.82 Å². The summed E-state index contributed by atoms with van der Waals surface area (Å²) in [6.07, 6.45) is 7.26. The Kier molecular flexibility index (Phi) is 4.87. The average Bonchev–Trinajstić information content (AvgIpc) is 3.51. The van der Waals surface area contributed by atoms with Gasteiger partial charge in [-0.2, -0.15) is 4.31 Å². The van der Waals surface area contributed by atoms with Gasteiger partial charge in [0, 0.05) is 42.5 Å². The number of piperidine rings is 1. The van der Waals surface area contributed by atoms with Crippen LogP contribution in [0.25, 0.3) is 22.4 Å². The molecule has 1 saturated heterocycles. The van der Waals surface area contributed by atoms with Gasteiger partial charge in [-0.25, -0.2) is 27.8 Å². The van der Waals surface area contributed by atoms with E-state index < -0.39 is 15.8 Å². The molecule has 3 aromatic rings. The van der Waals surface area contributed by atoms with Crippen LogP contribution in [-0.2, 0) is 10.0 Å². The standard InChI is InChI=1S/C19H20ClFN6O2S/c20-11-6-14-15(8-23-17(14)22-7-11)18-24-9-16(21)19(26-18)25-12-2-1-5-27(10-12)30(28,29)13-3-4-13/h6-9,12-13H,1-5,10H2,(H,22,23)(H,24,25,26). The quantitative estimate of drug-likeness (QED) is 0.618. The lowest BCUT2D eigenvalue weighted by atomic mass is 10.1. The zero-order chi connectivity index (χ0) is 20.9. The molecule has 5 rings (SSSR count). The lowest BCUT2D eigenvalue weighted by Crippen LogP contribution is -2.46. The first-order valence-corrected chi connectivity index (χ1v) is 11.7. The zero-order valence-electron chi connectivity index (χ0n) is 16.0. The molecule has 1 unspecified atom stereocenters. The molecule has 2 fully saturated rings. The fraction of sp³-hybridized carbons (Fsp3) is 0.421. The number of H-pyrrole nitrogens is 1. The largest absolute Gasteiger partial charge is 0.363 e. The molecule has 1 aliphatic carbocycles. The van der Waals surface area contributed by atoms with Gasteiger partial charge in [0.2, 0.25) is 10.0 Å². The summed E-state index contributed by atoms with van der Waals surface area (Å²) in [6.45, 7) is 0.821. The lowest BCUT2D eigenvalue weighted by molar-refractivity contribution is 0.325. The van der Waals surface area contributed by atoms with Crippen molar-refractivity contribution in [1.82, 2.24) is 24.2 Å². The van der Waals surface area contributed by atoms with Crippen LogP contribution in [0.2, 0.25) is 5.02 Å². The van der Waals surface area contributed by atoms with E-state index in [0.29, 0.717) is 35.1 Å². The molecule has 8 nitrogen and oxygen atoms in total. The third-order valence-electron chi connectivity index (χ3n) is 5.51. The molecule has 11 heteroatoms. The van der Waals surface area contributed by atoms with E-state index in [0.717, 1.165) is 37.3 Å². The van der Waals surface area contributed by atoms with Crippen molar-refractivity contribution in [3.63, 3.8) is 0 Å². The van der Waals surface area contributed by atoms with Gasteiger partial charge in [0.25, 0.3) is 0 Å². The highest BCUT2D eigenvalue weighted by Gasteiger charge is 2.41. The molecular formula is C19H20ClFN6O2S. The second-order valence-electron chi connectivity index (χ2n) is 7.73. The van der Waals surface area contributed by atoms with Gasteiger partial charge in [0.05, 0.1) is 16.5 Å². The van der Waals surface area contributed by atoms with Crippen LogP contribution in [0.15, 0.2) is 24.7 Å². The first kappa shape index (κ1) is 19.7.